The van der Waals surface area contributed by atoms with Crippen LogP contribution in [0.1, 0.15) is 38.7 Å². The predicted molar refractivity (Wildman–Crippen MR) is 83.6 cm³/mol. The van der Waals surface area contributed by atoms with Crippen LogP contribution in [0.2, 0.25) is 0 Å². The van der Waals surface area contributed by atoms with E-state index in [1.807, 2.05) is 39.1 Å². The van der Waals surface area contributed by atoms with E-state index in [9.17, 15) is 4.79 Å². The van der Waals surface area contributed by atoms with Crippen LogP contribution in [0.4, 0.5) is 4.79 Å². The summed E-state index contributed by atoms with van der Waals surface area (Å²) < 4.78 is 6.44. The zero-order valence-electron chi connectivity index (χ0n) is 12.1. The van der Waals surface area contributed by atoms with Crippen LogP contribution in [0.15, 0.2) is 41.0 Å². The summed E-state index contributed by atoms with van der Waals surface area (Å²) in [6.07, 6.45) is 4.54. The maximum absolute atomic E-state index is 11.9. The molecule has 0 aromatic heterocycles. The van der Waals surface area contributed by atoms with Crippen LogP contribution in [0, 0.1) is 0 Å². The lowest BCUT2D eigenvalue weighted by atomic mass is 9.94. The Bertz CT molecular complexity index is 502. The van der Waals surface area contributed by atoms with Gasteiger partial charge >= 0.3 is 6.09 Å². The molecule has 0 saturated heterocycles. The Morgan fingerprint density at radius 1 is 1.30 bits per heavy atom. The van der Waals surface area contributed by atoms with Crippen molar-refractivity contribution < 1.29 is 9.53 Å². The third-order valence-corrected chi connectivity index (χ3v) is 3.63. The fourth-order valence-corrected chi connectivity index (χ4v) is 2.38. The zero-order chi connectivity index (χ0) is 14.8. The van der Waals surface area contributed by atoms with Crippen molar-refractivity contribution in [3.05, 3.63) is 46.6 Å². The van der Waals surface area contributed by atoms with Gasteiger partial charge in [0.25, 0.3) is 0 Å². The Morgan fingerprint density at radius 2 is 1.95 bits per heavy atom. The molecule has 108 valence electrons. The number of rotatable bonds is 1. The van der Waals surface area contributed by atoms with Gasteiger partial charge in [-0.05, 0) is 44.9 Å². The van der Waals surface area contributed by atoms with Crippen molar-refractivity contribution in [1.82, 2.24) is 4.90 Å². The smallest absolute Gasteiger partial charge is 0.414 e. The van der Waals surface area contributed by atoms with E-state index in [0.29, 0.717) is 12.5 Å². The molecule has 1 aromatic carbocycles. The molecule has 1 amide bonds. The van der Waals surface area contributed by atoms with E-state index in [0.717, 1.165) is 10.9 Å². The molecule has 1 unspecified atom stereocenters. The highest BCUT2D eigenvalue weighted by Gasteiger charge is 2.24. The normalized spacial score (nSPS) is 19.0. The van der Waals surface area contributed by atoms with Gasteiger partial charge < -0.3 is 4.74 Å². The van der Waals surface area contributed by atoms with Crippen LogP contribution in [0.5, 0.6) is 0 Å². The first-order valence-corrected chi connectivity index (χ1v) is 7.58. The van der Waals surface area contributed by atoms with Crippen molar-refractivity contribution in [2.45, 2.75) is 38.7 Å². The number of halogens is 1. The van der Waals surface area contributed by atoms with Gasteiger partial charge in [0, 0.05) is 23.1 Å². The molecule has 0 aliphatic carbocycles. The molecule has 0 fully saturated rings. The second-order valence-electron chi connectivity index (χ2n) is 5.96. The van der Waals surface area contributed by atoms with E-state index in [1.165, 1.54) is 5.56 Å². The number of allylic oxidation sites excluding steroid dienone is 1. The largest absolute Gasteiger partial charge is 0.443 e. The quantitative estimate of drug-likeness (QED) is 0.744. The lowest BCUT2D eigenvalue weighted by Gasteiger charge is -2.29. The molecule has 20 heavy (non-hydrogen) atoms. The van der Waals surface area contributed by atoms with Gasteiger partial charge in [0.05, 0.1) is 0 Å². The van der Waals surface area contributed by atoms with Gasteiger partial charge in [0.2, 0.25) is 0 Å². The monoisotopic (exact) mass is 337 g/mol. The number of amides is 1. The first-order valence-electron chi connectivity index (χ1n) is 6.78. The van der Waals surface area contributed by atoms with Gasteiger partial charge in [0.15, 0.2) is 0 Å². The molecule has 0 saturated carbocycles. The van der Waals surface area contributed by atoms with Gasteiger partial charge in [-0.2, -0.15) is 0 Å². The van der Waals surface area contributed by atoms with Crippen LogP contribution in [-0.2, 0) is 4.74 Å². The Morgan fingerprint density at radius 3 is 2.45 bits per heavy atom. The summed E-state index contributed by atoms with van der Waals surface area (Å²) in [6.45, 7) is 6.32. The van der Waals surface area contributed by atoms with Crippen molar-refractivity contribution in [1.29, 1.82) is 0 Å². The number of carbonyl (C=O) groups excluding carboxylic acids is 1. The number of nitrogens with zero attached hydrogens (tertiary/aromatic N) is 1. The first-order chi connectivity index (χ1) is 9.35. The fourth-order valence-electron chi connectivity index (χ4n) is 2.12. The van der Waals surface area contributed by atoms with Crippen molar-refractivity contribution in [2.75, 3.05) is 6.54 Å². The van der Waals surface area contributed by atoms with Gasteiger partial charge in [-0.15, -0.1) is 0 Å². The molecule has 0 spiro atoms. The molecular formula is C16H20BrNO2. The van der Waals surface area contributed by atoms with E-state index in [4.69, 9.17) is 4.74 Å². The van der Waals surface area contributed by atoms with Crippen molar-refractivity contribution in [3.8, 4) is 0 Å². The number of carbonyl (C=O) groups is 1. The summed E-state index contributed by atoms with van der Waals surface area (Å²) in [7, 11) is 0. The standard InChI is InChI=1S/C16H20BrNO2/c1-16(2,3)20-15(19)18-10-8-13(9-11-18)12-4-6-14(17)7-5-12/h4-8,10,13H,9,11H2,1-3H3. The topological polar surface area (TPSA) is 29.5 Å². The maximum atomic E-state index is 11.9. The van der Waals surface area contributed by atoms with Gasteiger partial charge in [-0.3, -0.25) is 4.90 Å². The summed E-state index contributed by atoms with van der Waals surface area (Å²) >= 11 is 3.44. The van der Waals surface area contributed by atoms with Crippen molar-refractivity contribution in [3.63, 3.8) is 0 Å². The minimum atomic E-state index is -0.451. The number of ether oxygens (including phenoxy) is 1. The van der Waals surface area contributed by atoms with E-state index >= 15 is 0 Å². The number of hydrogen-bond donors (Lipinski definition) is 0. The molecule has 1 aromatic rings. The van der Waals surface area contributed by atoms with E-state index in [2.05, 4.69) is 34.1 Å². The Balaban J connectivity index is 2.00. The molecule has 1 atom stereocenters. The molecule has 0 N–H and O–H groups in total. The molecule has 1 heterocycles. The zero-order valence-corrected chi connectivity index (χ0v) is 13.7. The number of hydrogen-bond acceptors (Lipinski definition) is 2. The first kappa shape index (κ1) is 15.1. The minimum absolute atomic E-state index is 0.275. The highest BCUT2D eigenvalue weighted by molar-refractivity contribution is 9.10. The average molecular weight is 338 g/mol. The van der Waals surface area contributed by atoms with Gasteiger partial charge in [0.1, 0.15) is 5.60 Å². The van der Waals surface area contributed by atoms with Gasteiger partial charge in [-0.25, -0.2) is 4.79 Å². The Hall–Kier alpha value is -1.29. The average Bonchev–Trinajstić information content (AvgIpc) is 2.38. The summed E-state index contributed by atoms with van der Waals surface area (Å²) in [5.74, 6) is 0.363. The molecular weight excluding hydrogens is 318 g/mol. The van der Waals surface area contributed by atoms with Crippen LogP contribution in [-0.4, -0.2) is 23.1 Å². The van der Waals surface area contributed by atoms with Gasteiger partial charge in [-0.1, -0.05) is 34.1 Å². The molecule has 0 bridgehead atoms. The Labute approximate surface area is 128 Å². The summed E-state index contributed by atoms with van der Waals surface area (Å²) in [6, 6.07) is 8.32. The summed E-state index contributed by atoms with van der Waals surface area (Å²) in [4.78, 5) is 13.6. The van der Waals surface area contributed by atoms with Crippen LogP contribution in [0.25, 0.3) is 0 Å². The molecule has 2 rings (SSSR count). The van der Waals surface area contributed by atoms with Crippen LogP contribution < -0.4 is 0 Å². The second-order valence-corrected chi connectivity index (χ2v) is 6.88. The second kappa shape index (κ2) is 6.00. The lowest BCUT2D eigenvalue weighted by Crippen LogP contribution is -2.36. The van der Waals surface area contributed by atoms with E-state index < -0.39 is 5.60 Å². The molecule has 4 heteroatoms. The molecule has 3 nitrogen and oxygen atoms in total. The van der Waals surface area contributed by atoms with E-state index in [-0.39, 0.29) is 6.09 Å². The number of benzene rings is 1. The summed E-state index contributed by atoms with van der Waals surface area (Å²) in [5.41, 5.74) is 0.821. The fraction of sp³-hybridized carbons (Fsp3) is 0.438. The molecule has 1 aliphatic heterocycles. The summed E-state index contributed by atoms with van der Waals surface area (Å²) in [5, 5.41) is 0. The SMILES string of the molecule is CC(C)(C)OC(=O)N1C=CC(c2ccc(Br)cc2)CC1. The predicted octanol–water partition coefficient (Wildman–Crippen LogP) is 4.69. The lowest BCUT2D eigenvalue weighted by molar-refractivity contribution is 0.0324. The van der Waals surface area contributed by atoms with Crippen molar-refractivity contribution in [2.24, 2.45) is 0 Å². The third kappa shape index (κ3) is 4.10. The maximum Gasteiger partial charge on any atom is 0.414 e. The third-order valence-electron chi connectivity index (χ3n) is 3.11. The minimum Gasteiger partial charge on any atom is -0.443 e. The van der Waals surface area contributed by atoms with Crippen LogP contribution >= 0.6 is 15.9 Å². The van der Waals surface area contributed by atoms with E-state index in [1.54, 1.807) is 4.90 Å². The van der Waals surface area contributed by atoms with Crippen LogP contribution in [0.3, 0.4) is 0 Å². The molecule has 1 aliphatic rings. The highest BCUT2D eigenvalue weighted by Crippen LogP contribution is 2.27. The molecule has 0 radical (unpaired) electrons. The Kier molecular flexibility index (Phi) is 4.53. The highest BCUT2D eigenvalue weighted by atomic mass is 79.9. The van der Waals surface area contributed by atoms with Crippen molar-refractivity contribution >= 4 is 22.0 Å².